The summed E-state index contributed by atoms with van der Waals surface area (Å²) in [7, 11) is 0. The molecule has 1 aromatic heterocycles. The molecule has 4 heteroatoms. The highest BCUT2D eigenvalue weighted by molar-refractivity contribution is 5.56. The number of rotatable bonds is 2. The van der Waals surface area contributed by atoms with Crippen molar-refractivity contribution in [2.75, 3.05) is 0 Å². The highest BCUT2D eigenvalue weighted by atomic mass is 15.3. The van der Waals surface area contributed by atoms with Crippen LogP contribution in [0.3, 0.4) is 0 Å². The van der Waals surface area contributed by atoms with Gasteiger partial charge >= 0.3 is 0 Å². The molecule has 0 bridgehead atoms. The molecule has 0 radical (unpaired) electrons. The van der Waals surface area contributed by atoms with Gasteiger partial charge in [0, 0.05) is 11.1 Å². The van der Waals surface area contributed by atoms with Crippen molar-refractivity contribution in [3.05, 3.63) is 60.2 Å². The van der Waals surface area contributed by atoms with E-state index in [0.29, 0.717) is 11.6 Å². The van der Waals surface area contributed by atoms with E-state index in [9.17, 15) is 0 Å². The van der Waals surface area contributed by atoms with Gasteiger partial charge in [-0.2, -0.15) is 0 Å². The third-order valence-electron chi connectivity index (χ3n) is 2.82. The first kappa shape index (κ1) is 14.8. The van der Waals surface area contributed by atoms with Crippen molar-refractivity contribution < 1.29 is 0 Å². The number of aryl methyl sites for hydroxylation is 1. The molecule has 0 saturated carbocycles. The lowest BCUT2D eigenvalue weighted by molar-refractivity contribution is 0.876. The molecule has 0 N–H and O–H groups in total. The number of nitrogens with zero attached hydrogens (tertiary/aromatic N) is 4. The number of hydrogen-bond donors (Lipinski definition) is 0. The van der Waals surface area contributed by atoms with E-state index < -0.39 is 0 Å². The molecule has 106 valence electrons. The van der Waals surface area contributed by atoms with Crippen LogP contribution in [-0.4, -0.2) is 20.4 Å². The second-order valence-electron chi connectivity index (χ2n) is 4.28. The normalized spacial score (nSPS) is 9.67. The van der Waals surface area contributed by atoms with E-state index in [0.717, 1.165) is 11.1 Å². The molecule has 0 aliphatic rings. The fraction of sp³-hybridized carbons (Fsp3) is 0.176. The summed E-state index contributed by atoms with van der Waals surface area (Å²) in [6, 6.07) is 17.7. The smallest absolute Gasteiger partial charge is 0.126 e. The van der Waals surface area contributed by atoms with Crippen LogP contribution in [-0.2, 0) is 0 Å². The molecule has 1 heterocycles. The van der Waals surface area contributed by atoms with Crippen LogP contribution in [0.15, 0.2) is 54.6 Å². The second kappa shape index (κ2) is 7.24. The highest BCUT2D eigenvalue weighted by Gasteiger charge is 2.05. The van der Waals surface area contributed by atoms with Crippen LogP contribution >= 0.6 is 0 Å². The molecular formula is C17H18N4. The van der Waals surface area contributed by atoms with Gasteiger partial charge in [-0.25, -0.2) is 0 Å². The van der Waals surface area contributed by atoms with Crippen LogP contribution in [0.2, 0.25) is 0 Å². The Morgan fingerprint density at radius 2 is 1.00 bits per heavy atom. The van der Waals surface area contributed by atoms with E-state index in [2.05, 4.69) is 20.4 Å². The molecule has 3 aromatic rings. The molecule has 0 amide bonds. The quantitative estimate of drug-likeness (QED) is 0.712. The SMILES string of the molecule is CC.Cc1ccc(-c2nnc(-c3ccccc3)nn2)cc1. The van der Waals surface area contributed by atoms with Gasteiger partial charge in [0.15, 0.2) is 0 Å². The molecule has 0 saturated heterocycles. The lowest BCUT2D eigenvalue weighted by atomic mass is 10.1. The van der Waals surface area contributed by atoms with E-state index in [4.69, 9.17) is 0 Å². The molecular weight excluding hydrogens is 260 g/mol. The van der Waals surface area contributed by atoms with Crippen molar-refractivity contribution in [2.45, 2.75) is 20.8 Å². The Bertz CT molecular complexity index is 661. The Balaban J connectivity index is 0.000000774. The van der Waals surface area contributed by atoms with Gasteiger partial charge in [-0.3, -0.25) is 0 Å². The summed E-state index contributed by atoms with van der Waals surface area (Å²) in [5, 5.41) is 16.5. The van der Waals surface area contributed by atoms with Crippen molar-refractivity contribution in [3.8, 4) is 22.8 Å². The maximum atomic E-state index is 4.13. The van der Waals surface area contributed by atoms with E-state index in [1.807, 2.05) is 75.4 Å². The van der Waals surface area contributed by atoms with Gasteiger partial charge in [-0.15, -0.1) is 20.4 Å². The summed E-state index contributed by atoms with van der Waals surface area (Å²) in [6.45, 7) is 6.04. The Hall–Kier alpha value is -2.62. The Morgan fingerprint density at radius 3 is 1.48 bits per heavy atom. The van der Waals surface area contributed by atoms with Crippen LogP contribution in [0, 0.1) is 6.92 Å². The van der Waals surface area contributed by atoms with Crippen LogP contribution in [0.25, 0.3) is 22.8 Å². The Labute approximate surface area is 124 Å². The summed E-state index contributed by atoms with van der Waals surface area (Å²) in [5.41, 5.74) is 3.04. The molecule has 0 spiro atoms. The van der Waals surface area contributed by atoms with Gasteiger partial charge in [-0.05, 0) is 6.92 Å². The number of hydrogen-bond acceptors (Lipinski definition) is 4. The van der Waals surface area contributed by atoms with Crippen molar-refractivity contribution in [2.24, 2.45) is 0 Å². The van der Waals surface area contributed by atoms with E-state index >= 15 is 0 Å². The molecule has 4 nitrogen and oxygen atoms in total. The first-order valence-corrected chi connectivity index (χ1v) is 7.03. The van der Waals surface area contributed by atoms with Crippen LogP contribution in [0.5, 0.6) is 0 Å². The highest BCUT2D eigenvalue weighted by Crippen LogP contribution is 2.16. The first-order valence-electron chi connectivity index (χ1n) is 7.03. The second-order valence-corrected chi connectivity index (χ2v) is 4.28. The van der Waals surface area contributed by atoms with Crippen molar-refractivity contribution in [3.63, 3.8) is 0 Å². The van der Waals surface area contributed by atoms with Crippen LogP contribution in [0.4, 0.5) is 0 Å². The predicted molar refractivity (Wildman–Crippen MR) is 84.6 cm³/mol. The summed E-state index contributed by atoms with van der Waals surface area (Å²) >= 11 is 0. The summed E-state index contributed by atoms with van der Waals surface area (Å²) < 4.78 is 0. The largest absolute Gasteiger partial charge is 0.203 e. The number of benzene rings is 2. The molecule has 2 aromatic carbocycles. The topological polar surface area (TPSA) is 51.6 Å². The van der Waals surface area contributed by atoms with E-state index in [1.54, 1.807) is 0 Å². The monoisotopic (exact) mass is 278 g/mol. The zero-order valence-corrected chi connectivity index (χ0v) is 12.5. The van der Waals surface area contributed by atoms with Crippen LogP contribution in [0.1, 0.15) is 19.4 Å². The maximum Gasteiger partial charge on any atom is 0.203 e. The van der Waals surface area contributed by atoms with E-state index in [-0.39, 0.29) is 0 Å². The average molecular weight is 278 g/mol. The molecule has 0 aliphatic carbocycles. The van der Waals surface area contributed by atoms with Gasteiger partial charge < -0.3 is 0 Å². The molecule has 0 aliphatic heterocycles. The minimum Gasteiger partial charge on any atom is -0.126 e. The van der Waals surface area contributed by atoms with E-state index in [1.165, 1.54) is 5.56 Å². The van der Waals surface area contributed by atoms with Crippen molar-refractivity contribution >= 4 is 0 Å². The summed E-state index contributed by atoms with van der Waals surface area (Å²) in [4.78, 5) is 0. The van der Waals surface area contributed by atoms with Crippen molar-refractivity contribution in [1.82, 2.24) is 20.4 Å². The minimum atomic E-state index is 0.538. The van der Waals surface area contributed by atoms with Crippen molar-refractivity contribution in [1.29, 1.82) is 0 Å². The molecule has 3 rings (SSSR count). The fourth-order valence-corrected chi connectivity index (χ4v) is 1.75. The van der Waals surface area contributed by atoms with Gasteiger partial charge in [0.2, 0.25) is 11.6 Å². The Morgan fingerprint density at radius 1 is 0.571 bits per heavy atom. The van der Waals surface area contributed by atoms with Gasteiger partial charge in [0.25, 0.3) is 0 Å². The lowest BCUT2D eigenvalue weighted by Gasteiger charge is -2.00. The number of aromatic nitrogens is 4. The third kappa shape index (κ3) is 3.69. The Kier molecular flexibility index (Phi) is 5.10. The molecule has 0 fully saturated rings. The molecule has 0 atom stereocenters. The molecule has 21 heavy (non-hydrogen) atoms. The van der Waals surface area contributed by atoms with Gasteiger partial charge in [0.05, 0.1) is 0 Å². The van der Waals surface area contributed by atoms with Gasteiger partial charge in [-0.1, -0.05) is 74.0 Å². The standard InChI is InChI=1S/C15H12N4.C2H6/c1-11-7-9-13(10-8-11)15-18-16-14(17-19-15)12-5-3-2-4-6-12;1-2/h2-10H,1H3;1-2H3. The van der Waals surface area contributed by atoms with Gasteiger partial charge in [0.1, 0.15) is 0 Å². The maximum absolute atomic E-state index is 4.13. The lowest BCUT2D eigenvalue weighted by Crippen LogP contribution is -1.99. The summed E-state index contributed by atoms with van der Waals surface area (Å²) in [5.74, 6) is 1.08. The average Bonchev–Trinajstić information content (AvgIpc) is 2.58. The zero-order chi connectivity index (χ0) is 15.1. The molecule has 0 unspecified atom stereocenters. The zero-order valence-electron chi connectivity index (χ0n) is 12.5. The third-order valence-corrected chi connectivity index (χ3v) is 2.82. The summed E-state index contributed by atoms with van der Waals surface area (Å²) in [6.07, 6.45) is 0. The predicted octanol–water partition coefficient (Wildman–Crippen LogP) is 3.94. The fourth-order valence-electron chi connectivity index (χ4n) is 1.75. The minimum absolute atomic E-state index is 0.538. The first-order chi connectivity index (χ1) is 10.3. The van der Waals surface area contributed by atoms with Crippen LogP contribution < -0.4 is 0 Å².